The largest absolute Gasteiger partial charge is 0.484 e. The van der Waals surface area contributed by atoms with Crippen molar-refractivity contribution < 1.29 is 13.9 Å². The predicted molar refractivity (Wildman–Crippen MR) is 98.3 cm³/mol. The summed E-state index contributed by atoms with van der Waals surface area (Å²) >= 11 is 0. The summed E-state index contributed by atoms with van der Waals surface area (Å²) in [7, 11) is 1.82. The van der Waals surface area contributed by atoms with E-state index in [1.807, 2.05) is 19.2 Å². The molecule has 1 aliphatic carbocycles. The Morgan fingerprint density at radius 3 is 2.88 bits per heavy atom. The molecule has 1 heterocycles. The quantitative estimate of drug-likeness (QED) is 0.678. The number of hydrogen-bond acceptors (Lipinski definition) is 4. The van der Waals surface area contributed by atoms with Gasteiger partial charge >= 0.3 is 5.63 Å². The molecule has 0 fully saturated rings. The number of rotatable bonds is 4. The Labute approximate surface area is 150 Å². The molecule has 1 atom stereocenters. The van der Waals surface area contributed by atoms with Crippen molar-refractivity contribution >= 4 is 16.9 Å². The maximum Gasteiger partial charge on any atom is 0.336 e. The Morgan fingerprint density at radius 1 is 1.19 bits per heavy atom. The molecular formula is C21H19NO4. The van der Waals surface area contributed by atoms with Gasteiger partial charge in [-0.2, -0.15) is 0 Å². The number of benzene rings is 2. The second-order valence-corrected chi connectivity index (χ2v) is 6.50. The SMILES string of the molecule is CN(C(=O)COc1ccc2ccc(=O)oc2c1)[C@H]1CCc2ccccc21. The first kappa shape index (κ1) is 16.4. The summed E-state index contributed by atoms with van der Waals surface area (Å²) in [4.78, 5) is 25.6. The van der Waals surface area contributed by atoms with Crippen molar-refractivity contribution in [2.24, 2.45) is 0 Å². The van der Waals surface area contributed by atoms with Gasteiger partial charge in [0.1, 0.15) is 11.3 Å². The summed E-state index contributed by atoms with van der Waals surface area (Å²) in [5.74, 6) is 0.418. The molecule has 1 aliphatic rings. The first-order valence-corrected chi connectivity index (χ1v) is 8.62. The van der Waals surface area contributed by atoms with Gasteiger partial charge in [-0.1, -0.05) is 24.3 Å². The number of aryl methyl sites for hydroxylation is 1. The van der Waals surface area contributed by atoms with E-state index in [0.717, 1.165) is 18.2 Å². The van der Waals surface area contributed by atoms with Gasteiger partial charge in [-0.25, -0.2) is 4.79 Å². The summed E-state index contributed by atoms with van der Waals surface area (Å²) < 4.78 is 10.8. The molecule has 5 heteroatoms. The molecule has 0 saturated carbocycles. The van der Waals surface area contributed by atoms with E-state index >= 15 is 0 Å². The van der Waals surface area contributed by atoms with Crippen LogP contribution in [0.15, 0.2) is 63.8 Å². The molecule has 5 nitrogen and oxygen atoms in total. The Balaban J connectivity index is 1.45. The molecule has 1 aromatic heterocycles. The zero-order valence-electron chi connectivity index (χ0n) is 14.5. The van der Waals surface area contributed by atoms with E-state index in [1.54, 1.807) is 29.2 Å². The first-order chi connectivity index (χ1) is 12.6. The average Bonchev–Trinajstić information content (AvgIpc) is 3.09. The lowest BCUT2D eigenvalue weighted by molar-refractivity contribution is -0.134. The lowest BCUT2D eigenvalue weighted by Crippen LogP contribution is -2.34. The number of hydrogen-bond donors (Lipinski definition) is 0. The van der Waals surface area contributed by atoms with Crippen LogP contribution in [-0.4, -0.2) is 24.5 Å². The van der Waals surface area contributed by atoms with Gasteiger partial charge in [0.05, 0.1) is 6.04 Å². The highest BCUT2D eigenvalue weighted by Crippen LogP contribution is 2.34. The van der Waals surface area contributed by atoms with Crippen LogP contribution in [0.5, 0.6) is 5.75 Å². The zero-order chi connectivity index (χ0) is 18.1. The van der Waals surface area contributed by atoms with E-state index in [-0.39, 0.29) is 18.6 Å². The van der Waals surface area contributed by atoms with Crippen molar-refractivity contribution in [3.8, 4) is 5.75 Å². The van der Waals surface area contributed by atoms with Gasteiger partial charge in [0, 0.05) is 24.6 Å². The zero-order valence-corrected chi connectivity index (χ0v) is 14.5. The molecule has 26 heavy (non-hydrogen) atoms. The van der Waals surface area contributed by atoms with Gasteiger partial charge in [-0.05, 0) is 42.2 Å². The van der Waals surface area contributed by atoms with Crippen LogP contribution in [0.1, 0.15) is 23.6 Å². The standard InChI is InChI=1S/C21H19NO4/c1-22(18-10-7-14-4-2-3-5-17(14)18)20(23)13-25-16-9-6-15-8-11-21(24)26-19(15)12-16/h2-6,8-9,11-12,18H,7,10,13H2,1H3/t18-/m0/s1. The van der Waals surface area contributed by atoms with Crippen molar-refractivity contribution in [2.75, 3.05) is 13.7 Å². The number of ether oxygens (including phenoxy) is 1. The van der Waals surface area contributed by atoms with Gasteiger partial charge in [-0.3, -0.25) is 4.79 Å². The van der Waals surface area contributed by atoms with Gasteiger partial charge in [0.2, 0.25) is 0 Å². The van der Waals surface area contributed by atoms with Crippen molar-refractivity contribution in [1.82, 2.24) is 4.90 Å². The van der Waals surface area contributed by atoms with E-state index < -0.39 is 5.63 Å². The summed E-state index contributed by atoms with van der Waals surface area (Å²) in [5.41, 5.74) is 2.56. The van der Waals surface area contributed by atoms with Gasteiger partial charge < -0.3 is 14.1 Å². The van der Waals surface area contributed by atoms with Crippen LogP contribution in [0.2, 0.25) is 0 Å². The molecule has 0 radical (unpaired) electrons. The number of nitrogens with zero attached hydrogens (tertiary/aromatic N) is 1. The van der Waals surface area contributed by atoms with E-state index in [9.17, 15) is 9.59 Å². The summed E-state index contributed by atoms with van der Waals surface area (Å²) in [5, 5.41) is 0.808. The fourth-order valence-corrected chi connectivity index (χ4v) is 3.49. The number of carbonyl (C=O) groups excluding carboxylic acids is 1. The predicted octanol–water partition coefficient (Wildman–Crippen LogP) is 3.32. The molecule has 2 aromatic carbocycles. The van der Waals surface area contributed by atoms with Crippen LogP contribution in [0.4, 0.5) is 0 Å². The lowest BCUT2D eigenvalue weighted by Gasteiger charge is -2.25. The molecule has 0 N–H and O–H groups in total. The highest BCUT2D eigenvalue weighted by Gasteiger charge is 2.28. The fourth-order valence-electron chi connectivity index (χ4n) is 3.49. The van der Waals surface area contributed by atoms with E-state index in [1.165, 1.54) is 17.2 Å². The second kappa shape index (κ2) is 6.67. The minimum Gasteiger partial charge on any atom is -0.484 e. The van der Waals surface area contributed by atoms with Crippen LogP contribution in [-0.2, 0) is 11.2 Å². The normalized spacial score (nSPS) is 15.7. The summed E-state index contributed by atoms with van der Waals surface area (Å²) in [6, 6.07) is 16.6. The first-order valence-electron chi connectivity index (χ1n) is 8.62. The van der Waals surface area contributed by atoms with E-state index in [4.69, 9.17) is 9.15 Å². The third-order valence-corrected chi connectivity index (χ3v) is 4.92. The van der Waals surface area contributed by atoms with Crippen LogP contribution < -0.4 is 10.4 Å². The Hall–Kier alpha value is -3.08. The lowest BCUT2D eigenvalue weighted by atomic mass is 10.1. The number of fused-ring (bicyclic) bond motifs is 2. The summed E-state index contributed by atoms with van der Waals surface area (Å²) in [6.45, 7) is -0.0578. The van der Waals surface area contributed by atoms with Crippen LogP contribution >= 0.6 is 0 Å². The van der Waals surface area contributed by atoms with Crippen molar-refractivity contribution in [3.05, 3.63) is 76.1 Å². The molecule has 0 saturated heterocycles. The highest BCUT2D eigenvalue weighted by molar-refractivity contribution is 5.79. The van der Waals surface area contributed by atoms with Crippen LogP contribution in [0.25, 0.3) is 11.0 Å². The van der Waals surface area contributed by atoms with Crippen LogP contribution in [0.3, 0.4) is 0 Å². The van der Waals surface area contributed by atoms with Gasteiger partial charge in [-0.15, -0.1) is 0 Å². The molecule has 3 aromatic rings. The maximum absolute atomic E-state index is 12.6. The molecular weight excluding hydrogens is 330 g/mol. The van der Waals surface area contributed by atoms with Gasteiger partial charge in [0.15, 0.2) is 6.61 Å². The van der Waals surface area contributed by atoms with Gasteiger partial charge in [0.25, 0.3) is 5.91 Å². The third-order valence-electron chi connectivity index (χ3n) is 4.92. The van der Waals surface area contributed by atoms with Crippen molar-refractivity contribution in [3.63, 3.8) is 0 Å². The number of likely N-dealkylation sites (N-methyl/N-ethyl adjacent to an activating group) is 1. The smallest absolute Gasteiger partial charge is 0.336 e. The molecule has 1 amide bonds. The third kappa shape index (κ3) is 3.08. The molecule has 132 valence electrons. The maximum atomic E-state index is 12.6. The van der Waals surface area contributed by atoms with Crippen molar-refractivity contribution in [1.29, 1.82) is 0 Å². The molecule has 4 rings (SSSR count). The number of amides is 1. The molecule has 0 aliphatic heterocycles. The Morgan fingerprint density at radius 2 is 2.00 bits per heavy atom. The van der Waals surface area contributed by atoms with Crippen LogP contribution in [0, 0.1) is 0 Å². The van der Waals surface area contributed by atoms with E-state index in [0.29, 0.717) is 11.3 Å². The molecule has 0 bridgehead atoms. The summed E-state index contributed by atoms with van der Waals surface area (Å²) in [6.07, 6.45) is 1.92. The second-order valence-electron chi connectivity index (χ2n) is 6.50. The highest BCUT2D eigenvalue weighted by atomic mass is 16.5. The molecule has 0 spiro atoms. The fraction of sp³-hybridized carbons (Fsp3) is 0.238. The average molecular weight is 349 g/mol. The number of carbonyl (C=O) groups is 1. The monoisotopic (exact) mass is 349 g/mol. The Bertz CT molecular complexity index is 1020. The topological polar surface area (TPSA) is 59.8 Å². The minimum atomic E-state index is -0.412. The Kier molecular flexibility index (Phi) is 4.21. The van der Waals surface area contributed by atoms with E-state index in [2.05, 4.69) is 12.1 Å². The minimum absolute atomic E-state index is 0.0578. The van der Waals surface area contributed by atoms with Crippen molar-refractivity contribution in [2.45, 2.75) is 18.9 Å². The molecule has 0 unspecified atom stereocenters.